The van der Waals surface area contributed by atoms with Gasteiger partial charge in [-0.2, -0.15) is 0 Å². The van der Waals surface area contributed by atoms with E-state index in [1.807, 2.05) is 57.2 Å². The number of hydrogen-bond acceptors (Lipinski definition) is 6. The van der Waals surface area contributed by atoms with Gasteiger partial charge in [-0.1, -0.05) is 94.6 Å². The normalized spacial score (nSPS) is 15.8. The standard InChI is InChI=1S/C39H58Cl2N4O4/c1-5-7-8-9-10-11-12-23-43(6-2)39(47)49-38(30(3)4)45-35-29-32(20-18-31(35)19-21-36(45)46)48-28-14-13-22-42-24-26-44(27-25-42)34-17-15-16-33(40)37(34)41/h15-18,20,29-30,38H,5-14,19,21-28H2,1-4H3. The van der Waals surface area contributed by atoms with E-state index in [1.54, 1.807) is 9.80 Å². The Morgan fingerprint density at radius 3 is 2.33 bits per heavy atom. The van der Waals surface area contributed by atoms with Gasteiger partial charge >= 0.3 is 6.09 Å². The molecule has 2 heterocycles. The van der Waals surface area contributed by atoms with E-state index >= 15 is 0 Å². The number of piperazine rings is 1. The molecule has 0 bridgehead atoms. The molecule has 1 saturated heterocycles. The van der Waals surface area contributed by atoms with Gasteiger partial charge in [0.2, 0.25) is 5.91 Å². The average molecular weight is 718 g/mol. The molecule has 1 unspecified atom stereocenters. The van der Waals surface area contributed by atoms with Gasteiger partial charge in [0.05, 0.1) is 28.0 Å². The van der Waals surface area contributed by atoms with Crippen molar-refractivity contribution >= 4 is 46.6 Å². The van der Waals surface area contributed by atoms with Gasteiger partial charge in [0.25, 0.3) is 0 Å². The summed E-state index contributed by atoms with van der Waals surface area (Å²) in [5, 5.41) is 1.22. The Hall–Kier alpha value is -2.68. The topological polar surface area (TPSA) is 65.6 Å². The van der Waals surface area contributed by atoms with Crippen LogP contribution in [0.3, 0.4) is 0 Å². The van der Waals surface area contributed by atoms with Crippen LogP contribution in [0.1, 0.15) is 97.5 Å². The number of anilines is 2. The molecule has 0 aliphatic carbocycles. The molecule has 2 aliphatic heterocycles. The van der Waals surface area contributed by atoms with Crippen molar-refractivity contribution in [2.45, 2.75) is 105 Å². The van der Waals surface area contributed by atoms with Crippen LogP contribution in [0.25, 0.3) is 0 Å². The summed E-state index contributed by atoms with van der Waals surface area (Å²) >= 11 is 12.7. The van der Waals surface area contributed by atoms with Crippen LogP contribution in [0.15, 0.2) is 36.4 Å². The highest BCUT2D eigenvalue weighted by atomic mass is 35.5. The number of unbranched alkanes of at least 4 members (excludes halogenated alkanes) is 7. The van der Waals surface area contributed by atoms with Crippen molar-refractivity contribution in [3.05, 3.63) is 52.0 Å². The molecule has 0 aromatic heterocycles. The van der Waals surface area contributed by atoms with Gasteiger partial charge in [-0.15, -0.1) is 0 Å². The third-order valence-corrected chi connectivity index (χ3v) is 10.5. The number of hydrogen-bond donors (Lipinski definition) is 0. The molecule has 0 radical (unpaired) electrons. The number of carbonyl (C=O) groups excluding carboxylic acids is 2. The molecule has 1 fully saturated rings. The number of rotatable bonds is 19. The maximum Gasteiger partial charge on any atom is 0.411 e. The van der Waals surface area contributed by atoms with E-state index in [1.165, 1.54) is 32.1 Å². The number of nitrogens with zero attached hydrogens (tertiary/aromatic N) is 4. The van der Waals surface area contributed by atoms with Gasteiger partial charge < -0.3 is 19.3 Å². The predicted molar refractivity (Wildman–Crippen MR) is 202 cm³/mol. The monoisotopic (exact) mass is 716 g/mol. The molecule has 2 aromatic rings. The minimum atomic E-state index is -0.687. The smallest absolute Gasteiger partial charge is 0.411 e. The first-order valence-electron chi connectivity index (χ1n) is 18.7. The second-order valence-electron chi connectivity index (χ2n) is 13.7. The fourth-order valence-electron chi connectivity index (χ4n) is 6.72. The van der Waals surface area contributed by atoms with E-state index in [-0.39, 0.29) is 17.9 Å². The van der Waals surface area contributed by atoms with Crippen LogP contribution >= 0.6 is 23.2 Å². The van der Waals surface area contributed by atoms with Crippen LogP contribution in [0.2, 0.25) is 10.0 Å². The lowest BCUT2D eigenvalue weighted by molar-refractivity contribution is -0.121. The fraction of sp³-hybridized carbons (Fsp3) is 0.641. The maximum atomic E-state index is 13.4. The Morgan fingerprint density at radius 2 is 1.61 bits per heavy atom. The lowest BCUT2D eigenvalue weighted by Gasteiger charge is -2.38. The summed E-state index contributed by atoms with van der Waals surface area (Å²) in [5.74, 6) is 0.627. The zero-order valence-corrected chi connectivity index (χ0v) is 31.7. The second kappa shape index (κ2) is 20.2. The zero-order valence-electron chi connectivity index (χ0n) is 30.2. The van der Waals surface area contributed by atoms with E-state index in [2.05, 4.69) is 16.7 Å². The van der Waals surface area contributed by atoms with E-state index in [0.717, 1.165) is 81.1 Å². The summed E-state index contributed by atoms with van der Waals surface area (Å²) in [5.41, 5.74) is 2.86. The molecule has 2 amide bonds. The summed E-state index contributed by atoms with van der Waals surface area (Å²) in [7, 11) is 0. The van der Waals surface area contributed by atoms with Crippen molar-refractivity contribution in [2.75, 3.05) is 62.2 Å². The Morgan fingerprint density at radius 1 is 0.878 bits per heavy atom. The van der Waals surface area contributed by atoms with Gasteiger partial charge in [0.1, 0.15) is 5.75 Å². The molecule has 2 aromatic carbocycles. The first-order valence-corrected chi connectivity index (χ1v) is 19.4. The summed E-state index contributed by atoms with van der Waals surface area (Å²) in [6, 6.07) is 11.8. The molecular weight excluding hydrogens is 659 g/mol. The molecule has 2 aliphatic rings. The molecule has 0 spiro atoms. The number of ether oxygens (including phenoxy) is 2. The van der Waals surface area contributed by atoms with Crippen molar-refractivity contribution in [3.8, 4) is 5.75 Å². The number of benzene rings is 2. The minimum absolute atomic E-state index is 0.0241. The lowest BCUT2D eigenvalue weighted by Crippen LogP contribution is -2.50. The van der Waals surface area contributed by atoms with E-state index in [9.17, 15) is 9.59 Å². The number of halogens is 2. The van der Waals surface area contributed by atoms with Gasteiger partial charge in [-0.25, -0.2) is 4.79 Å². The Balaban J connectivity index is 1.26. The van der Waals surface area contributed by atoms with Crippen LogP contribution in [0.5, 0.6) is 5.75 Å². The molecule has 272 valence electrons. The summed E-state index contributed by atoms with van der Waals surface area (Å²) in [4.78, 5) is 35.0. The summed E-state index contributed by atoms with van der Waals surface area (Å²) < 4.78 is 12.3. The third kappa shape index (κ3) is 11.4. The molecule has 0 saturated carbocycles. The molecule has 0 N–H and O–H groups in total. The Bertz CT molecular complexity index is 1330. The molecule has 8 nitrogen and oxygen atoms in total. The van der Waals surface area contributed by atoms with Crippen molar-refractivity contribution in [2.24, 2.45) is 5.92 Å². The van der Waals surface area contributed by atoms with Gasteiger partial charge in [-0.3, -0.25) is 14.6 Å². The first kappa shape index (κ1) is 39.1. The number of amides is 2. The lowest BCUT2D eigenvalue weighted by atomic mass is 9.98. The zero-order chi connectivity index (χ0) is 35.2. The highest BCUT2D eigenvalue weighted by Gasteiger charge is 2.36. The molecule has 4 rings (SSSR count). The largest absolute Gasteiger partial charge is 0.494 e. The number of aryl methyl sites for hydroxylation is 1. The average Bonchev–Trinajstić information content (AvgIpc) is 3.10. The minimum Gasteiger partial charge on any atom is -0.494 e. The van der Waals surface area contributed by atoms with E-state index < -0.39 is 6.23 Å². The predicted octanol–water partition coefficient (Wildman–Crippen LogP) is 9.45. The van der Waals surface area contributed by atoms with Crippen molar-refractivity contribution in [1.29, 1.82) is 0 Å². The van der Waals surface area contributed by atoms with Gasteiger partial charge in [-0.05, 0) is 62.9 Å². The van der Waals surface area contributed by atoms with E-state index in [0.29, 0.717) is 42.6 Å². The Kier molecular flexibility index (Phi) is 16.2. The third-order valence-electron chi connectivity index (χ3n) is 9.69. The van der Waals surface area contributed by atoms with E-state index in [4.69, 9.17) is 32.7 Å². The second-order valence-corrected chi connectivity index (χ2v) is 14.5. The van der Waals surface area contributed by atoms with Crippen LogP contribution in [-0.2, 0) is 16.0 Å². The molecule has 1 atom stereocenters. The molecule has 10 heteroatoms. The maximum absolute atomic E-state index is 13.4. The highest BCUT2D eigenvalue weighted by molar-refractivity contribution is 6.43. The van der Waals surface area contributed by atoms with Crippen LogP contribution in [0, 0.1) is 5.92 Å². The van der Waals surface area contributed by atoms with Crippen LogP contribution < -0.4 is 14.5 Å². The summed E-state index contributed by atoms with van der Waals surface area (Å²) in [6.45, 7) is 14.9. The quantitative estimate of drug-likeness (QED) is 0.135. The molecule has 49 heavy (non-hydrogen) atoms. The SMILES string of the molecule is CCCCCCCCCN(CC)C(=O)OC(C(C)C)N1C(=O)CCc2ccc(OCCCCN3CCN(c4cccc(Cl)c4Cl)CC3)cc21. The highest BCUT2D eigenvalue weighted by Crippen LogP contribution is 2.36. The van der Waals surface area contributed by atoms with Crippen LogP contribution in [0.4, 0.5) is 16.2 Å². The van der Waals surface area contributed by atoms with Crippen molar-refractivity contribution < 1.29 is 19.1 Å². The number of fused-ring (bicyclic) bond motifs is 1. The summed E-state index contributed by atoms with van der Waals surface area (Å²) in [6.07, 6.45) is 10.3. The fourth-order valence-corrected chi connectivity index (χ4v) is 7.14. The van der Waals surface area contributed by atoms with Crippen molar-refractivity contribution in [1.82, 2.24) is 9.80 Å². The van der Waals surface area contributed by atoms with Crippen molar-refractivity contribution in [3.63, 3.8) is 0 Å². The van der Waals surface area contributed by atoms with Gasteiger partial charge in [0.15, 0.2) is 6.23 Å². The molecular formula is C39H58Cl2N4O4. The van der Waals surface area contributed by atoms with Gasteiger partial charge in [0, 0.05) is 57.7 Å². The van der Waals surface area contributed by atoms with Crippen LogP contribution in [-0.4, -0.2) is 80.4 Å². The Labute approximate surface area is 305 Å². The first-order chi connectivity index (χ1) is 23.7. The number of carbonyl (C=O) groups is 2.